The smallest absolute Gasteiger partial charge is 0.212 e. The van der Waals surface area contributed by atoms with Gasteiger partial charge in [0, 0.05) is 10.9 Å². The van der Waals surface area contributed by atoms with E-state index in [1.165, 1.54) is 12.8 Å². The van der Waals surface area contributed by atoms with E-state index in [9.17, 15) is 8.42 Å². The Morgan fingerprint density at radius 2 is 2.25 bits per heavy atom. The van der Waals surface area contributed by atoms with E-state index >= 15 is 0 Å². The first kappa shape index (κ1) is 15.9. The molecule has 0 spiro atoms. The van der Waals surface area contributed by atoms with Crippen LogP contribution >= 0.6 is 11.3 Å². The summed E-state index contributed by atoms with van der Waals surface area (Å²) in [6, 6.07) is 4.55. The fourth-order valence-corrected chi connectivity index (χ4v) is 4.38. The number of rotatable bonds is 10. The molecule has 0 saturated heterocycles. The summed E-state index contributed by atoms with van der Waals surface area (Å²) in [5.41, 5.74) is 0. The van der Waals surface area contributed by atoms with Gasteiger partial charge in [-0.1, -0.05) is 19.4 Å². The molecule has 1 atom stereocenters. The molecule has 1 aromatic heterocycles. The molecule has 1 saturated carbocycles. The van der Waals surface area contributed by atoms with Crippen LogP contribution in [-0.4, -0.2) is 26.8 Å². The highest BCUT2D eigenvalue weighted by atomic mass is 32.2. The van der Waals surface area contributed by atoms with E-state index in [4.69, 9.17) is 0 Å². The van der Waals surface area contributed by atoms with Crippen LogP contribution in [0.15, 0.2) is 17.5 Å². The van der Waals surface area contributed by atoms with E-state index in [-0.39, 0.29) is 11.8 Å². The molecule has 6 heteroatoms. The Hall–Kier alpha value is -0.430. The Labute approximate surface area is 126 Å². The summed E-state index contributed by atoms with van der Waals surface area (Å²) < 4.78 is 27.1. The van der Waals surface area contributed by atoms with Crippen LogP contribution in [0.2, 0.25) is 0 Å². The van der Waals surface area contributed by atoms with Gasteiger partial charge in [-0.2, -0.15) is 0 Å². The van der Waals surface area contributed by atoms with Gasteiger partial charge in [0.1, 0.15) is 0 Å². The third-order valence-electron chi connectivity index (χ3n) is 3.39. The fraction of sp³-hybridized carbons (Fsp3) is 0.714. The second-order valence-electron chi connectivity index (χ2n) is 5.38. The molecule has 1 aliphatic rings. The molecular weight excluding hydrogens is 292 g/mol. The van der Waals surface area contributed by atoms with Crippen LogP contribution in [0.1, 0.15) is 49.9 Å². The minimum atomic E-state index is -3.19. The van der Waals surface area contributed by atoms with Crippen molar-refractivity contribution < 1.29 is 8.42 Å². The lowest BCUT2D eigenvalue weighted by Crippen LogP contribution is -2.31. The molecule has 20 heavy (non-hydrogen) atoms. The number of hydrogen-bond acceptors (Lipinski definition) is 4. The monoisotopic (exact) mass is 316 g/mol. The number of sulfonamides is 1. The molecule has 114 valence electrons. The highest BCUT2D eigenvalue weighted by molar-refractivity contribution is 7.89. The second kappa shape index (κ2) is 7.54. The van der Waals surface area contributed by atoms with Gasteiger partial charge in [0.25, 0.3) is 0 Å². The van der Waals surface area contributed by atoms with Crippen molar-refractivity contribution in [3.8, 4) is 0 Å². The van der Waals surface area contributed by atoms with Crippen LogP contribution < -0.4 is 10.0 Å². The molecule has 0 radical (unpaired) electrons. The standard InChI is InChI=1S/C14H24N2O2S2/c1-2-5-13(14-6-3-10-19-14)16-20(17,18)11-4-9-15-12-7-8-12/h3,6,10,12-13,15-16H,2,4-5,7-9,11H2,1H3. The lowest BCUT2D eigenvalue weighted by Gasteiger charge is -2.17. The molecule has 1 aromatic rings. The molecule has 2 rings (SSSR count). The van der Waals surface area contributed by atoms with Gasteiger partial charge in [0.15, 0.2) is 0 Å². The van der Waals surface area contributed by atoms with Crippen molar-refractivity contribution in [3.63, 3.8) is 0 Å². The van der Waals surface area contributed by atoms with Gasteiger partial charge >= 0.3 is 0 Å². The van der Waals surface area contributed by atoms with Gasteiger partial charge in [-0.3, -0.25) is 0 Å². The Bertz CT molecular complexity index is 481. The summed E-state index contributed by atoms with van der Waals surface area (Å²) in [5.74, 6) is 0.207. The first-order valence-corrected chi connectivity index (χ1v) is 9.90. The highest BCUT2D eigenvalue weighted by Gasteiger charge is 2.21. The molecule has 4 nitrogen and oxygen atoms in total. The van der Waals surface area contributed by atoms with Crippen molar-refractivity contribution in [3.05, 3.63) is 22.4 Å². The molecule has 1 unspecified atom stereocenters. The average Bonchev–Trinajstić information content (AvgIpc) is 3.05. The summed E-state index contributed by atoms with van der Waals surface area (Å²) in [6.45, 7) is 2.87. The minimum Gasteiger partial charge on any atom is -0.314 e. The van der Waals surface area contributed by atoms with Gasteiger partial charge in [-0.05, 0) is 43.7 Å². The maximum Gasteiger partial charge on any atom is 0.212 e. The predicted octanol–water partition coefficient (Wildman–Crippen LogP) is 2.65. The van der Waals surface area contributed by atoms with E-state index < -0.39 is 10.0 Å². The largest absolute Gasteiger partial charge is 0.314 e. The molecule has 0 amide bonds. The molecular formula is C14H24N2O2S2. The summed E-state index contributed by atoms with van der Waals surface area (Å²) in [7, 11) is -3.19. The molecule has 0 bridgehead atoms. The van der Waals surface area contributed by atoms with Crippen molar-refractivity contribution in [1.29, 1.82) is 0 Å². The van der Waals surface area contributed by atoms with Crippen molar-refractivity contribution in [2.45, 2.75) is 51.1 Å². The van der Waals surface area contributed by atoms with Crippen LogP contribution in [0.25, 0.3) is 0 Å². The lowest BCUT2D eigenvalue weighted by molar-refractivity contribution is 0.536. The Kier molecular flexibility index (Phi) is 6.01. The number of hydrogen-bond donors (Lipinski definition) is 2. The van der Waals surface area contributed by atoms with Crippen LogP contribution in [0.3, 0.4) is 0 Å². The van der Waals surface area contributed by atoms with Crippen molar-refractivity contribution >= 4 is 21.4 Å². The van der Waals surface area contributed by atoms with E-state index in [2.05, 4.69) is 17.0 Å². The number of nitrogens with one attached hydrogen (secondary N) is 2. The van der Waals surface area contributed by atoms with Gasteiger partial charge in [-0.15, -0.1) is 11.3 Å². The summed E-state index contributed by atoms with van der Waals surface area (Å²) in [5, 5.41) is 5.34. The molecule has 0 aromatic carbocycles. The average molecular weight is 316 g/mol. The van der Waals surface area contributed by atoms with Gasteiger partial charge in [0.2, 0.25) is 10.0 Å². The summed E-state index contributed by atoms with van der Waals surface area (Å²) in [4.78, 5) is 1.10. The third-order valence-corrected chi connectivity index (χ3v) is 5.84. The summed E-state index contributed by atoms with van der Waals surface area (Å²) >= 11 is 1.61. The van der Waals surface area contributed by atoms with E-state index in [0.717, 1.165) is 24.3 Å². The second-order valence-corrected chi connectivity index (χ2v) is 8.23. The van der Waals surface area contributed by atoms with Gasteiger partial charge < -0.3 is 5.32 Å². The lowest BCUT2D eigenvalue weighted by atomic mass is 10.1. The molecule has 1 fully saturated rings. The molecule has 1 aliphatic carbocycles. The zero-order valence-electron chi connectivity index (χ0n) is 12.0. The van der Waals surface area contributed by atoms with Crippen molar-refractivity contribution in [2.24, 2.45) is 0 Å². The van der Waals surface area contributed by atoms with Crippen LogP contribution in [0.4, 0.5) is 0 Å². The quantitative estimate of drug-likeness (QED) is 0.652. The predicted molar refractivity (Wildman–Crippen MR) is 84.5 cm³/mol. The molecule has 0 aliphatic heterocycles. The summed E-state index contributed by atoms with van der Waals surface area (Å²) in [6.07, 6.45) is 4.97. The third kappa shape index (κ3) is 5.52. The first-order chi connectivity index (χ1) is 9.61. The van der Waals surface area contributed by atoms with Crippen molar-refractivity contribution in [1.82, 2.24) is 10.0 Å². The van der Waals surface area contributed by atoms with Crippen molar-refractivity contribution in [2.75, 3.05) is 12.3 Å². The highest BCUT2D eigenvalue weighted by Crippen LogP contribution is 2.24. The van der Waals surface area contributed by atoms with Crippen LogP contribution in [0.5, 0.6) is 0 Å². The van der Waals surface area contributed by atoms with E-state index in [0.29, 0.717) is 12.5 Å². The zero-order valence-corrected chi connectivity index (χ0v) is 13.6. The van der Waals surface area contributed by atoms with Crippen LogP contribution in [0, 0.1) is 0 Å². The maximum absolute atomic E-state index is 12.1. The Balaban J connectivity index is 1.80. The minimum absolute atomic E-state index is 0.0682. The number of thiophene rings is 1. The normalized spacial score (nSPS) is 17.2. The fourth-order valence-electron chi connectivity index (χ4n) is 2.17. The Morgan fingerprint density at radius 1 is 1.45 bits per heavy atom. The molecule has 1 heterocycles. The van der Waals surface area contributed by atoms with Gasteiger partial charge in [-0.25, -0.2) is 13.1 Å². The topological polar surface area (TPSA) is 58.2 Å². The van der Waals surface area contributed by atoms with E-state index in [1.54, 1.807) is 11.3 Å². The van der Waals surface area contributed by atoms with E-state index in [1.807, 2.05) is 17.5 Å². The maximum atomic E-state index is 12.1. The SMILES string of the molecule is CCCC(NS(=O)(=O)CCCNC1CC1)c1cccs1. The van der Waals surface area contributed by atoms with Crippen LogP contribution in [-0.2, 0) is 10.0 Å². The molecule has 2 N–H and O–H groups in total. The Morgan fingerprint density at radius 3 is 2.85 bits per heavy atom. The first-order valence-electron chi connectivity index (χ1n) is 7.37. The van der Waals surface area contributed by atoms with Gasteiger partial charge in [0.05, 0.1) is 11.8 Å². The zero-order chi connectivity index (χ0) is 14.4.